The van der Waals surface area contributed by atoms with E-state index in [9.17, 15) is 14.9 Å². The van der Waals surface area contributed by atoms with Crippen molar-refractivity contribution in [3.63, 3.8) is 0 Å². The molecule has 1 aromatic carbocycles. The highest BCUT2D eigenvalue weighted by atomic mass is 35.5. The average molecular weight is 314 g/mol. The highest BCUT2D eigenvalue weighted by Gasteiger charge is 2.18. The summed E-state index contributed by atoms with van der Waals surface area (Å²) in [4.78, 5) is 32.9. The Morgan fingerprint density at radius 3 is 2.68 bits per heavy atom. The van der Waals surface area contributed by atoms with Crippen molar-refractivity contribution in [2.24, 2.45) is 0 Å². The van der Waals surface area contributed by atoms with Gasteiger partial charge in [0.15, 0.2) is 0 Å². The molecular formula is C14H8ClN5O2. The van der Waals surface area contributed by atoms with Crippen molar-refractivity contribution in [2.45, 2.75) is 0 Å². The van der Waals surface area contributed by atoms with Crippen LogP contribution in [0.3, 0.4) is 0 Å². The summed E-state index contributed by atoms with van der Waals surface area (Å²) in [6.45, 7) is 0. The summed E-state index contributed by atoms with van der Waals surface area (Å²) < 4.78 is 0. The van der Waals surface area contributed by atoms with Crippen LogP contribution in [-0.2, 0) is 0 Å². The fraction of sp³-hybridized carbons (Fsp3) is 0. The standard InChI is InChI=1S/C14H8ClN5O2/c15-7-3-1-2-6(4-7)9-8(5-16)12(21)18-11-10(9)13(22)20-14(17)19-11/h1-4H,(H4,17,18,19,20,21,22). The van der Waals surface area contributed by atoms with Crippen LogP contribution >= 0.6 is 11.6 Å². The maximum atomic E-state index is 12.2. The molecule has 22 heavy (non-hydrogen) atoms. The molecule has 4 N–H and O–H groups in total. The molecule has 108 valence electrons. The van der Waals surface area contributed by atoms with Gasteiger partial charge >= 0.3 is 0 Å². The van der Waals surface area contributed by atoms with Gasteiger partial charge in [0.05, 0.1) is 5.39 Å². The van der Waals surface area contributed by atoms with Crippen LogP contribution in [0.1, 0.15) is 5.56 Å². The second-order valence-corrected chi connectivity index (χ2v) is 4.94. The zero-order chi connectivity index (χ0) is 15.9. The van der Waals surface area contributed by atoms with Crippen LogP contribution < -0.4 is 16.9 Å². The smallest absolute Gasteiger partial charge is 0.268 e. The topological polar surface area (TPSA) is 128 Å². The monoisotopic (exact) mass is 313 g/mol. The molecule has 0 saturated carbocycles. The number of H-pyrrole nitrogens is 2. The quantitative estimate of drug-likeness (QED) is 0.625. The summed E-state index contributed by atoms with van der Waals surface area (Å²) in [6, 6.07) is 8.33. The van der Waals surface area contributed by atoms with E-state index in [0.29, 0.717) is 10.6 Å². The Kier molecular flexibility index (Phi) is 3.16. The first-order valence-electron chi connectivity index (χ1n) is 6.13. The van der Waals surface area contributed by atoms with Crippen LogP contribution in [0.25, 0.3) is 22.2 Å². The Morgan fingerprint density at radius 2 is 2.00 bits per heavy atom. The van der Waals surface area contributed by atoms with Crippen LogP contribution in [0.4, 0.5) is 5.95 Å². The van der Waals surface area contributed by atoms with Crippen molar-refractivity contribution in [3.05, 3.63) is 55.6 Å². The zero-order valence-electron chi connectivity index (χ0n) is 11.0. The minimum atomic E-state index is -0.650. The molecule has 0 aliphatic rings. The molecule has 0 bridgehead atoms. The van der Waals surface area contributed by atoms with Gasteiger partial charge in [0.2, 0.25) is 5.95 Å². The van der Waals surface area contributed by atoms with E-state index >= 15 is 0 Å². The maximum absolute atomic E-state index is 12.2. The van der Waals surface area contributed by atoms with E-state index < -0.39 is 11.1 Å². The minimum Gasteiger partial charge on any atom is -0.369 e. The lowest BCUT2D eigenvalue weighted by Crippen LogP contribution is -2.19. The first-order valence-corrected chi connectivity index (χ1v) is 6.51. The lowest BCUT2D eigenvalue weighted by molar-refractivity contribution is 1.14. The van der Waals surface area contributed by atoms with Gasteiger partial charge in [-0.1, -0.05) is 23.7 Å². The van der Waals surface area contributed by atoms with Crippen LogP contribution in [-0.4, -0.2) is 15.0 Å². The molecule has 3 rings (SSSR count). The molecule has 0 aliphatic carbocycles. The van der Waals surface area contributed by atoms with E-state index in [-0.39, 0.29) is 28.1 Å². The van der Waals surface area contributed by atoms with E-state index in [0.717, 1.165) is 0 Å². The Hall–Kier alpha value is -3.11. The molecule has 0 unspecified atom stereocenters. The summed E-state index contributed by atoms with van der Waals surface area (Å²) in [6.07, 6.45) is 0. The Morgan fingerprint density at radius 1 is 1.23 bits per heavy atom. The molecule has 8 heteroatoms. The number of rotatable bonds is 1. The number of benzene rings is 1. The Labute approximate surface area is 128 Å². The number of halogens is 1. The molecule has 2 aromatic heterocycles. The molecule has 0 radical (unpaired) electrons. The molecule has 0 spiro atoms. The molecule has 0 saturated heterocycles. The molecule has 0 amide bonds. The number of hydrogen-bond donors (Lipinski definition) is 3. The summed E-state index contributed by atoms with van der Waals surface area (Å²) in [7, 11) is 0. The number of aromatic nitrogens is 3. The van der Waals surface area contributed by atoms with E-state index in [1.54, 1.807) is 24.3 Å². The number of nitrogen functional groups attached to an aromatic ring is 1. The van der Waals surface area contributed by atoms with Gasteiger partial charge in [0.1, 0.15) is 17.3 Å². The Bertz CT molecular complexity index is 1060. The van der Waals surface area contributed by atoms with Crippen molar-refractivity contribution in [3.8, 4) is 17.2 Å². The predicted octanol–water partition coefficient (Wildman–Crippen LogP) is 1.39. The molecule has 0 fully saturated rings. The third-order valence-corrected chi connectivity index (χ3v) is 3.36. The third kappa shape index (κ3) is 2.12. The normalized spacial score (nSPS) is 10.5. The van der Waals surface area contributed by atoms with Gasteiger partial charge in [-0.2, -0.15) is 10.2 Å². The zero-order valence-corrected chi connectivity index (χ0v) is 11.7. The summed E-state index contributed by atoms with van der Waals surface area (Å²) in [5, 5.41) is 9.76. The fourth-order valence-corrected chi connectivity index (χ4v) is 2.45. The molecule has 7 nitrogen and oxygen atoms in total. The number of anilines is 1. The second kappa shape index (κ2) is 5.02. The summed E-state index contributed by atoms with van der Waals surface area (Å²) in [5.41, 5.74) is 4.76. The van der Waals surface area contributed by atoms with Crippen LogP contribution in [0, 0.1) is 11.3 Å². The maximum Gasteiger partial charge on any atom is 0.268 e. The first kappa shape index (κ1) is 13.9. The summed E-state index contributed by atoms with van der Waals surface area (Å²) >= 11 is 5.96. The number of hydrogen-bond acceptors (Lipinski definition) is 5. The fourth-order valence-electron chi connectivity index (χ4n) is 2.26. The summed E-state index contributed by atoms with van der Waals surface area (Å²) in [5.74, 6) is -0.130. The highest BCUT2D eigenvalue weighted by Crippen LogP contribution is 2.28. The molecule has 2 heterocycles. The molecule has 3 aromatic rings. The molecular weight excluding hydrogens is 306 g/mol. The lowest BCUT2D eigenvalue weighted by Gasteiger charge is -2.08. The van der Waals surface area contributed by atoms with E-state index in [1.807, 2.05) is 6.07 Å². The predicted molar refractivity (Wildman–Crippen MR) is 82.6 cm³/mol. The number of aromatic amines is 2. The Balaban J connectivity index is 2.59. The van der Waals surface area contributed by atoms with E-state index in [1.165, 1.54) is 0 Å². The number of nitrogens with one attached hydrogen (secondary N) is 2. The number of pyridine rings is 1. The first-order chi connectivity index (χ1) is 10.5. The van der Waals surface area contributed by atoms with Crippen LogP contribution in [0.5, 0.6) is 0 Å². The largest absolute Gasteiger partial charge is 0.369 e. The van der Waals surface area contributed by atoms with Crippen molar-refractivity contribution in [2.75, 3.05) is 5.73 Å². The lowest BCUT2D eigenvalue weighted by atomic mass is 9.99. The SMILES string of the molecule is N#Cc1c(-c2cccc(Cl)c2)c2c(=O)[nH]c(N)nc2[nH]c1=O. The van der Waals surface area contributed by atoms with Crippen LogP contribution in [0.15, 0.2) is 33.9 Å². The van der Waals surface area contributed by atoms with Gasteiger partial charge in [0, 0.05) is 10.6 Å². The van der Waals surface area contributed by atoms with Gasteiger partial charge in [-0.25, -0.2) is 0 Å². The number of nitriles is 1. The minimum absolute atomic E-state index is 0.0141. The van der Waals surface area contributed by atoms with Gasteiger partial charge in [-0.15, -0.1) is 0 Å². The van der Waals surface area contributed by atoms with Crippen molar-refractivity contribution >= 4 is 28.6 Å². The highest BCUT2D eigenvalue weighted by molar-refractivity contribution is 6.30. The average Bonchev–Trinajstić information content (AvgIpc) is 2.45. The number of fused-ring (bicyclic) bond motifs is 1. The van der Waals surface area contributed by atoms with Crippen molar-refractivity contribution in [1.29, 1.82) is 5.26 Å². The van der Waals surface area contributed by atoms with Gasteiger partial charge in [-0.05, 0) is 17.7 Å². The number of nitrogens with zero attached hydrogens (tertiary/aromatic N) is 2. The van der Waals surface area contributed by atoms with Gasteiger partial charge in [0.25, 0.3) is 11.1 Å². The van der Waals surface area contributed by atoms with E-state index in [4.69, 9.17) is 17.3 Å². The second-order valence-electron chi connectivity index (χ2n) is 4.50. The van der Waals surface area contributed by atoms with Gasteiger partial charge < -0.3 is 10.7 Å². The third-order valence-electron chi connectivity index (χ3n) is 3.12. The van der Waals surface area contributed by atoms with E-state index in [2.05, 4.69) is 15.0 Å². The molecule has 0 atom stereocenters. The van der Waals surface area contributed by atoms with Crippen molar-refractivity contribution in [1.82, 2.24) is 15.0 Å². The van der Waals surface area contributed by atoms with Crippen LogP contribution in [0.2, 0.25) is 5.02 Å². The number of nitrogens with two attached hydrogens (primary N) is 1. The van der Waals surface area contributed by atoms with Crippen molar-refractivity contribution < 1.29 is 0 Å². The van der Waals surface area contributed by atoms with Gasteiger partial charge in [-0.3, -0.25) is 14.6 Å². The molecule has 0 aliphatic heterocycles.